The zero-order valence-electron chi connectivity index (χ0n) is 28.6. The number of allylic oxidation sites excluding steroid dienone is 1. The van der Waals surface area contributed by atoms with E-state index >= 15 is 0 Å². The Labute approximate surface area is 297 Å². The molecule has 1 N–H and O–H groups in total. The summed E-state index contributed by atoms with van der Waals surface area (Å²) >= 11 is 0. The minimum absolute atomic E-state index is 0.164. The molecular formula is C48H35N3. The average molecular weight is 654 g/mol. The summed E-state index contributed by atoms with van der Waals surface area (Å²) in [5.74, 6) is 0. The molecule has 1 heterocycles. The van der Waals surface area contributed by atoms with Crippen LogP contribution in [0.15, 0.2) is 169 Å². The van der Waals surface area contributed by atoms with Crippen LogP contribution in [0.3, 0.4) is 0 Å². The van der Waals surface area contributed by atoms with Gasteiger partial charge in [0.2, 0.25) is 0 Å². The Morgan fingerprint density at radius 3 is 2.12 bits per heavy atom. The molecule has 51 heavy (non-hydrogen) atoms. The fourth-order valence-electron chi connectivity index (χ4n) is 7.95. The summed E-state index contributed by atoms with van der Waals surface area (Å²) < 4.78 is 0. The van der Waals surface area contributed by atoms with Gasteiger partial charge in [0.25, 0.3) is 0 Å². The molecule has 0 fully saturated rings. The number of aliphatic imine (C=N–C) groups is 1. The summed E-state index contributed by atoms with van der Waals surface area (Å²) in [6, 6.07) is 53.2. The predicted octanol–water partition coefficient (Wildman–Crippen LogP) is 12.0. The second-order valence-electron chi connectivity index (χ2n) is 13.8. The number of nitrogens with zero attached hydrogens (tertiary/aromatic N) is 2. The van der Waals surface area contributed by atoms with Crippen LogP contribution in [-0.4, -0.2) is 16.9 Å². The van der Waals surface area contributed by atoms with E-state index in [-0.39, 0.29) is 5.41 Å². The Morgan fingerprint density at radius 1 is 0.608 bits per heavy atom. The van der Waals surface area contributed by atoms with E-state index < -0.39 is 0 Å². The molecule has 0 saturated carbocycles. The van der Waals surface area contributed by atoms with Crippen LogP contribution in [-0.2, 0) is 5.41 Å². The quantitative estimate of drug-likeness (QED) is 0.178. The molecule has 0 atom stereocenters. The largest absolute Gasteiger partial charge is 0.300 e. The van der Waals surface area contributed by atoms with Gasteiger partial charge in [0.05, 0.1) is 16.9 Å². The number of nitrogens with one attached hydrogen (secondary N) is 1. The van der Waals surface area contributed by atoms with Crippen molar-refractivity contribution in [2.24, 2.45) is 4.99 Å². The molecule has 0 bridgehead atoms. The number of pyridine rings is 1. The smallest absolute Gasteiger partial charge is 0.0730 e. The van der Waals surface area contributed by atoms with Crippen LogP contribution in [0, 0.1) is 5.41 Å². The lowest BCUT2D eigenvalue weighted by atomic mass is 9.78. The topological polar surface area (TPSA) is 49.1 Å². The van der Waals surface area contributed by atoms with Crippen molar-refractivity contribution in [3.05, 3.63) is 192 Å². The molecule has 0 saturated heterocycles. The van der Waals surface area contributed by atoms with Crippen LogP contribution >= 0.6 is 0 Å². The number of hydrogen-bond donors (Lipinski definition) is 1. The maximum Gasteiger partial charge on any atom is 0.0730 e. The van der Waals surface area contributed by atoms with Crippen molar-refractivity contribution in [1.82, 2.24) is 4.98 Å². The number of benzene rings is 7. The Balaban J connectivity index is 1.18. The molecule has 1 aliphatic rings. The van der Waals surface area contributed by atoms with Gasteiger partial charge in [-0.2, -0.15) is 0 Å². The van der Waals surface area contributed by atoms with Crippen molar-refractivity contribution in [3.8, 4) is 22.3 Å². The molecule has 242 valence electrons. The molecule has 8 aromatic rings. The number of rotatable bonds is 6. The van der Waals surface area contributed by atoms with Gasteiger partial charge in [-0.25, -0.2) is 0 Å². The highest BCUT2D eigenvalue weighted by Gasteiger charge is 2.38. The molecule has 0 spiro atoms. The molecule has 0 aliphatic heterocycles. The summed E-state index contributed by atoms with van der Waals surface area (Å²) in [4.78, 5) is 9.72. The standard InChI is InChI=1S/C48H35N3/c1-48(2)43-28-33-16-7-6-15-32(33)27-42(43)41-21-10-20-40(47(41)48)37-25-24-34(35-17-8-9-18-36(35)37)30-51-46(29-44(49)31-13-4-3-5-14-31)39-19-11-23-45-38(39)22-12-26-50-45/h3-30,49H,1-2H3/b46-29-,49-44?,51-30?. The van der Waals surface area contributed by atoms with E-state index in [4.69, 9.17) is 10.4 Å². The second-order valence-corrected chi connectivity index (χ2v) is 13.8. The third-order valence-electron chi connectivity index (χ3n) is 10.4. The lowest BCUT2D eigenvalue weighted by Crippen LogP contribution is -2.16. The molecule has 1 aliphatic carbocycles. The number of aromatic nitrogens is 1. The highest BCUT2D eigenvalue weighted by atomic mass is 14.7. The molecule has 9 rings (SSSR count). The van der Waals surface area contributed by atoms with Crippen molar-refractivity contribution >= 4 is 50.1 Å². The van der Waals surface area contributed by atoms with Gasteiger partial charge in [0, 0.05) is 34.3 Å². The van der Waals surface area contributed by atoms with Gasteiger partial charge in [0.1, 0.15) is 0 Å². The van der Waals surface area contributed by atoms with Crippen LogP contribution in [0.2, 0.25) is 0 Å². The van der Waals surface area contributed by atoms with Crippen molar-refractivity contribution < 1.29 is 0 Å². The number of hydrogen-bond acceptors (Lipinski definition) is 3. The van der Waals surface area contributed by atoms with Crippen LogP contribution in [0.1, 0.15) is 41.7 Å². The maximum atomic E-state index is 8.97. The molecule has 0 unspecified atom stereocenters. The third kappa shape index (κ3) is 5.17. The Kier molecular flexibility index (Phi) is 7.29. The molecule has 1 aromatic heterocycles. The fourth-order valence-corrected chi connectivity index (χ4v) is 7.95. The maximum absolute atomic E-state index is 8.97. The lowest BCUT2D eigenvalue weighted by Gasteiger charge is -2.25. The Morgan fingerprint density at radius 2 is 1.29 bits per heavy atom. The van der Waals surface area contributed by atoms with Crippen molar-refractivity contribution in [2.75, 3.05) is 0 Å². The van der Waals surface area contributed by atoms with Gasteiger partial charge >= 0.3 is 0 Å². The van der Waals surface area contributed by atoms with E-state index in [0.717, 1.165) is 33.0 Å². The average Bonchev–Trinajstić information content (AvgIpc) is 3.40. The second kappa shape index (κ2) is 12.2. The van der Waals surface area contributed by atoms with E-state index in [2.05, 4.69) is 122 Å². The first-order valence-corrected chi connectivity index (χ1v) is 17.4. The zero-order valence-corrected chi connectivity index (χ0v) is 28.6. The summed E-state index contributed by atoms with van der Waals surface area (Å²) in [7, 11) is 0. The highest BCUT2D eigenvalue weighted by molar-refractivity contribution is 6.13. The molecule has 3 nitrogen and oxygen atoms in total. The minimum atomic E-state index is -0.164. The van der Waals surface area contributed by atoms with Crippen LogP contribution < -0.4 is 0 Å². The molecule has 0 amide bonds. The molecule has 0 radical (unpaired) electrons. The van der Waals surface area contributed by atoms with Crippen LogP contribution in [0.25, 0.3) is 60.4 Å². The third-order valence-corrected chi connectivity index (χ3v) is 10.4. The zero-order chi connectivity index (χ0) is 34.5. The van der Waals surface area contributed by atoms with Crippen molar-refractivity contribution in [2.45, 2.75) is 19.3 Å². The fraction of sp³-hybridized carbons (Fsp3) is 0.0625. The number of fused-ring (bicyclic) bond motifs is 6. The van der Waals surface area contributed by atoms with E-state index in [9.17, 15) is 0 Å². The Bertz CT molecular complexity index is 2730. The summed E-state index contributed by atoms with van der Waals surface area (Å²) in [6.07, 6.45) is 5.62. The monoisotopic (exact) mass is 653 g/mol. The van der Waals surface area contributed by atoms with E-state index in [1.807, 2.05) is 67.0 Å². The SMILES string of the molecule is CC1(C)c2cc3ccccc3cc2-c2cccc(-c3ccc(C=N/C(=C\C(=N)c4ccccc4)c4cccc5ncccc45)c4ccccc34)c21. The van der Waals surface area contributed by atoms with Crippen molar-refractivity contribution in [1.29, 1.82) is 5.41 Å². The van der Waals surface area contributed by atoms with Crippen LogP contribution in [0.5, 0.6) is 0 Å². The first-order chi connectivity index (χ1) is 25.0. The Hall–Kier alpha value is -6.45. The molecular weight excluding hydrogens is 619 g/mol. The van der Waals surface area contributed by atoms with Gasteiger partial charge < -0.3 is 5.41 Å². The summed E-state index contributed by atoms with van der Waals surface area (Å²) in [5, 5.41) is 14.8. The predicted molar refractivity (Wildman–Crippen MR) is 215 cm³/mol. The summed E-state index contributed by atoms with van der Waals surface area (Å²) in [6.45, 7) is 4.73. The van der Waals surface area contributed by atoms with Gasteiger partial charge in [0.15, 0.2) is 0 Å². The van der Waals surface area contributed by atoms with Gasteiger partial charge in [-0.15, -0.1) is 0 Å². The summed E-state index contributed by atoms with van der Waals surface area (Å²) in [5.41, 5.74) is 12.5. The van der Waals surface area contributed by atoms with Gasteiger partial charge in [-0.3, -0.25) is 9.98 Å². The normalized spacial score (nSPS) is 13.6. The van der Waals surface area contributed by atoms with Crippen molar-refractivity contribution in [3.63, 3.8) is 0 Å². The highest BCUT2D eigenvalue weighted by Crippen LogP contribution is 2.53. The van der Waals surface area contributed by atoms with E-state index in [1.54, 1.807) is 0 Å². The minimum Gasteiger partial charge on any atom is -0.300 e. The van der Waals surface area contributed by atoms with Crippen LogP contribution in [0.4, 0.5) is 0 Å². The molecule has 7 aromatic carbocycles. The first-order valence-electron chi connectivity index (χ1n) is 17.4. The van der Waals surface area contributed by atoms with Gasteiger partial charge in [-0.05, 0) is 90.8 Å². The first kappa shape index (κ1) is 30.6. The molecule has 3 heteroatoms. The lowest BCUT2D eigenvalue weighted by molar-refractivity contribution is 0.663. The van der Waals surface area contributed by atoms with E-state index in [0.29, 0.717) is 11.4 Å². The van der Waals surface area contributed by atoms with E-state index in [1.165, 1.54) is 49.5 Å². The van der Waals surface area contributed by atoms with Gasteiger partial charge in [-0.1, -0.05) is 141 Å².